The summed E-state index contributed by atoms with van der Waals surface area (Å²) in [5, 5.41) is 5.79. The maximum absolute atomic E-state index is 6.03. The van der Waals surface area contributed by atoms with Gasteiger partial charge in [0, 0.05) is 35.8 Å². The molecule has 0 spiro atoms. The summed E-state index contributed by atoms with van der Waals surface area (Å²) in [7, 11) is 0. The SMILES string of the molecule is C=C(Cc1ncc(-c2cccnc2)[nH]1)Nc1ccc(OCc2cccc3ccccc23)cc1. The van der Waals surface area contributed by atoms with Gasteiger partial charge in [-0.25, -0.2) is 4.98 Å². The number of aromatic amines is 1. The van der Waals surface area contributed by atoms with Gasteiger partial charge in [0.2, 0.25) is 0 Å². The van der Waals surface area contributed by atoms with Crippen molar-refractivity contribution < 1.29 is 4.74 Å². The lowest BCUT2D eigenvalue weighted by Gasteiger charge is -2.11. The number of nitrogens with one attached hydrogen (secondary N) is 2. The van der Waals surface area contributed by atoms with E-state index in [1.165, 1.54) is 16.3 Å². The highest BCUT2D eigenvalue weighted by molar-refractivity contribution is 5.85. The van der Waals surface area contributed by atoms with Crippen molar-refractivity contribution in [3.8, 4) is 17.0 Å². The lowest BCUT2D eigenvalue weighted by molar-refractivity contribution is 0.308. The number of nitrogens with zero attached hydrogens (tertiary/aromatic N) is 2. The largest absolute Gasteiger partial charge is 0.489 e. The van der Waals surface area contributed by atoms with E-state index in [-0.39, 0.29) is 0 Å². The first kappa shape index (κ1) is 20.5. The van der Waals surface area contributed by atoms with Crippen molar-refractivity contribution in [3.05, 3.63) is 121 Å². The molecule has 5 rings (SSSR count). The number of anilines is 1. The van der Waals surface area contributed by atoms with Gasteiger partial charge in [-0.3, -0.25) is 4.98 Å². The molecule has 33 heavy (non-hydrogen) atoms. The van der Waals surface area contributed by atoms with Crippen LogP contribution in [0.4, 0.5) is 5.69 Å². The molecular formula is C28H24N4O. The average molecular weight is 433 g/mol. The van der Waals surface area contributed by atoms with Crippen LogP contribution in [0.5, 0.6) is 5.75 Å². The first-order chi connectivity index (χ1) is 16.2. The molecule has 5 heteroatoms. The fraction of sp³-hybridized carbons (Fsp3) is 0.0714. The lowest BCUT2D eigenvalue weighted by Crippen LogP contribution is -2.03. The monoisotopic (exact) mass is 432 g/mol. The Hall–Kier alpha value is -4.38. The molecule has 0 atom stereocenters. The van der Waals surface area contributed by atoms with Crippen LogP contribution in [-0.2, 0) is 13.0 Å². The summed E-state index contributed by atoms with van der Waals surface area (Å²) in [5.74, 6) is 1.67. The highest BCUT2D eigenvalue weighted by atomic mass is 16.5. The first-order valence-electron chi connectivity index (χ1n) is 10.8. The third-order valence-corrected chi connectivity index (χ3v) is 5.43. The molecule has 0 aliphatic heterocycles. The van der Waals surface area contributed by atoms with Crippen LogP contribution >= 0.6 is 0 Å². The first-order valence-corrected chi connectivity index (χ1v) is 10.8. The van der Waals surface area contributed by atoms with E-state index in [9.17, 15) is 0 Å². The molecule has 3 aromatic carbocycles. The lowest BCUT2D eigenvalue weighted by atomic mass is 10.1. The van der Waals surface area contributed by atoms with Gasteiger partial charge in [0.25, 0.3) is 0 Å². The third kappa shape index (κ3) is 4.93. The molecule has 0 aliphatic rings. The van der Waals surface area contributed by atoms with Crippen molar-refractivity contribution in [3.63, 3.8) is 0 Å². The van der Waals surface area contributed by atoms with E-state index in [4.69, 9.17) is 4.74 Å². The molecule has 0 saturated heterocycles. The van der Waals surface area contributed by atoms with Crippen molar-refractivity contribution in [2.24, 2.45) is 0 Å². The second kappa shape index (κ2) is 9.40. The van der Waals surface area contributed by atoms with Gasteiger partial charge in [-0.15, -0.1) is 0 Å². The highest BCUT2D eigenvalue weighted by Crippen LogP contribution is 2.23. The molecule has 2 aromatic heterocycles. The maximum Gasteiger partial charge on any atom is 0.119 e. The molecule has 5 aromatic rings. The van der Waals surface area contributed by atoms with Crippen molar-refractivity contribution in [2.75, 3.05) is 5.32 Å². The van der Waals surface area contributed by atoms with Crippen molar-refractivity contribution in [1.82, 2.24) is 15.0 Å². The van der Waals surface area contributed by atoms with Crippen LogP contribution in [0.25, 0.3) is 22.0 Å². The molecule has 0 saturated carbocycles. The van der Waals surface area contributed by atoms with Gasteiger partial charge in [0.1, 0.15) is 18.2 Å². The molecule has 0 unspecified atom stereocenters. The van der Waals surface area contributed by atoms with Crippen LogP contribution < -0.4 is 10.1 Å². The Kier molecular flexibility index (Phi) is 5.85. The summed E-state index contributed by atoms with van der Waals surface area (Å²) in [4.78, 5) is 11.9. The Bertz CT molecular complexity index is 1370. The Labute approximate surface area is 192 Å². The van der Waals surface area contributed by atoms with Gasteiger partial charge in [0.15, 0.2) is 0 Å². The van der Waals surface area contributed by atoms with Crippen LogP contribution in [0.3, 0.4) is 0 Å². The van der Waals surface area contributed by atoms with Gasteiger partial charge >= 0.3 is 0 Å². The number of hydrogen-bond donors (Lipinski definition) is 2. The molecule has 0 bridgehead atoms. The molecule has 0 fully saturated rings. The van der Waals surface area contributed by atoms with Crippen LogP contribution in [0, 0.1) is 0 Å². The Morgan fingerprint density at radius 1 is 0.909 bits per heavy atom. The fourth-order valence-electron chi connectivity index (χ4n) is 3.79. The van der Waals surface area contributed by atoms with Crippen LogP contribution in [0.1, 0.15) is 11.4 Å². The molecule has 5 nitrogen and oxygen atoms in total. The quantitative estimate of drug-likeness (QED) is 0.299. The summed E-state index contributed by atoms with van der Waals surface area (Å²) in [5.41, 5.74) is 4.93. The van der Waals surface area contributed by atoms with Crippen LogP contribution in [0.15, 0.2) is 110 Å². The van der Waals surface area contributed by atoms with Gasteiger partial charge in [-0.2, -0.15) is 0 Å². The number of hydrogen-bond acceptors (Lipinski definition) is 4. The topological polar surface area (TPSA) is 62.8 Å². The van der Waals surface area contributed by atoms with Gasteiger partial charge in [-0.1, -0.05) is 49.0 Å². The number of fused-ring (bicyclic) bond motifs is 1. The number of aromatic nitrogens is 3. The highest BCUT2D eigenvalue weighted by Gasteiger charge is 2.06. The summed E-state index contributed by atoms with van der Waals surface area (Å²) in [6, 6.07) is 26.5. The summed E-state index contributed by atoms with van der Waals surface area (Å²) in [6.45, 7) is 4.67. The average Bonchev–Trinajstić information content (AvgIpc) is 3.32. The standard InChI is InChI=1S/C28H24N4O/c1-20(16-28-30-18-27(32-28)22-9-5-15-29-17-22)31-24-11-13-25(14-12-24)33-19-23-8-4-7-21-6-2-3-10-26(21)23/h2-15,17-18,31H,1,16,19H2,(H,30,32). The summed E-state index contributed by atoms with van der Waals surface area (Å²) < 4.78 is 6.03. The molecule has 0 aliphatic carbocycles. The second-order valence-corrected chi connectivity index (χ2v) is 7.84. The smallest absolute Gasteiger partial charge is 0.119 e. The van der Waals surface area contributed by atoms with E-state index in [2.05, 4.69) is 69.3 Å². The number of pyridine rings is 1. The number of rotatable bonds is 8. The fourth-order valence-corrected chi connectivity index (χ4v) is 3.79. The predicted molar refractivity (Wildman–Crippen MR) is 133 cm³/mol. The molecule has 2 heterocycles. The Morgan fingerprint density at radius 2 is 1.76 bits per heavy atom. The molecule has 2 N–H and O–H groups in total. The minimum Gasteiger partial charge on any atom is -0.489 e. The minimum atomic E-state index is 0.526. The minimum absolute atomic E-state index is 0.526. The zero-order valence-electron chi connectivity index (χ0n) is 18.2. The van der Waals surface area contributed by atoms with E-state index in [1.807, 2.05) is 48.8 Å². The molecule has 0 radical (unpaired) electrons. The molecule has 0 amide bonds. The summed E-state index contributed by atoms with van der Waals surface area (Å²) in [6.07, 6.45) is 5.99. The van der Waals surface area contributed by atoms with E-state index in [1.54, 1.807) is 6.20 Å². The van der Waals surface area contributed by atoms with E-state index in [0.29, 0.717) is 13.0 Å². The number of ether oxygens (including phenoxy) is 1. The zero-order chi connectivity index (χ0) is 22.5. The van der Waals surface area contributed by atoms with E-state index in [0.717, 1.165) is 34.2 Å². The van der Waals surface area contributed by atoms with Crippen LogP contribution in [0.2, 0.25) is 0 Å². The number of allylic oxidation sites excluding steroid dienone is 1. The summed E-state index contributed by atoms with van der Waals surface area (Å²) >= 11 is 0. The van der Waals surface area contributed by atoms with Gasteiger partial charge in [-0.05, 0) is 52.7 Å². The number of benzene rings is 3. The number of H-pyrrole nitrogens is 1. The van der Waals surface area contributed by atoms with Gasteiger partial charge in [0.05, 0.1) is 11.9 Å². The normalized spacial score (nSPS) is 10.8. The van der Waals surface area contributed by atoms with E-state index >= 15 is 0 Å². The van der Waals surface area contributed by atoms with Gasteiger partial charge < -0.3 is 15.0 Å². The van der Waals surface area contributed by atoms with Crippen molar-refractivity contribution in [1.29, 1.82) is 0 Å². The van der Waals surface area contributed by atoms with Crippen molar-refractivity contribution >= 4 is 16.5 Å². The molecule has 162 valence electrons. The maximum atomic E-state index is 6.03. The van der Waals surface area contributed by atoms with Crippen molar-refractivity contribution in [2.45, 2.75) is 13.0 Å². The number of imidazole rings is 1. The Morgan fingerprint density at radius 3 is 2.61 bits per heavy atom. The Balaban J connectivity index is 1.17. The second-order valence-electron chi connectivity index (χ2n) is 7.84. The zero-order valence-corrected chi connectivity index (χ0v) is 18.2. The van der Waals surface area contributed by atoms with Crippen LogP contribution in [-0.4, -0.2) is 15.0 Å². The third-order valence-electron chi connectivity index (χ3n) is 5.43. The predicted octanol–water partition coefficient (Wildman–Crippen LogP) is 6.37. The molecular weight excluding hydrogens is 408 g/mol. The van der Waals surface area contributed by atoms with E-state index < -0.39 is 0 Å².